The van der Waals surface area contributed by atoms with Crippen LogP contribution in [0.15, 0.2) is 36.5 Å². The predicted octanol–water partition coefficient (Wildman–Crippen LogP) is 5.79. The lowest BCUT2D eigenvalue weighted by Gasteiger charge is -2.18. The third-order valence-electron chi connectivity index (χ3n) is 3.98. The van der Waals surface area contributed by atoms with Gasteiger partial charge in [-0.3, -0.25) is 4.98 Å². The van der Waals surface area contributed by atoms with E-state index in [2.05, 4.69) is 18.8 Å². The molecule has 0 aliphatic heterocycles. The lowest BCUT2D eigenvalue weighted by atomic mass is 9.88. The van der Waals surface area contributed by atoms with Gasteiger partial charge in [-0.15, -0.1) is 0 Å². The Kier molecular flexibility index (Phi) is 6.05. The van der Waals surface area contributed by atoms with E-state index in [-0.39, 0.29) is 5.56 Å². The summed E-state index contributed by atoms with van der Waals surface area (Å²) < 4.78 is 27.0. The van der Waals surface area contributed by atoms with E-state index in [0.29, 0.717) is 5.56 Å². The number of aromatic nitrogens is 1. The molecule has 2 aromatic rings. The van der Waals surface area contributed by atoms with Crippen molar-refractivity contribution < 1.29 is 8.78 Å². The summed E-state index contributed by atoms with van der Waals surface area (Å²) in [6, 6.07) is 7.37. The summed E-state index contributed by atoms with van der Waals surface area (Å²) in [5, 5.41) is 0. The molecule has 3 rings (SSSR count). The van der Waals surface area contributed by atoms with Crippen LogP contribution in [0.1, 0.15) is 45.2 Å². The Morgan fingerprint density at radius 1 is 1.09 bits per heavy atom. The summed E-state index contributed by atoms with van der Waals surface area (Å²) in [6.07, 6.45) is 7.86. The van der Waals surface area contributed by atoms with Gasteiger partial charge in [-0.05, 0) is 30.5 Å². The average molecular weight is 303 g/mol. The molecular formula is C19H23F2N. The van der Waals surface area contributed by atoms with Crippen LogP contribution in [0.4, 0.5) is 8.78 Å². The van der Waals surface area contributed by atoms with Crippen molar-refractivity contribution in [2.24, 2.45) is 5.92 Å². The van der Waals surface area contributed by atoms with E-state index in [9.17, 15) is 8.78 Å². The maximum atomic E-state index is 13.5. The van der Waals surface area contributed by atoms with Gasteiger partial charge in [0, 0.05) is 17.5 Å². The van der Waals surface area contributed by atoms with Gasteiger partial charge in [0.05, 0.1) is 5.56 Å². The zero-order valence-corrected chi connectivity index (χ0v) is 13.3. The van der Waals surface area contributed by atoms with Gasteiger partial charge in [-0.2, -0.15) is 0 Å². The molecule has 0 atom stereocenters. The molecule has 0 radical (unpaired) electrons. The molecule has 1 saturated carbocycles. The van der Waals surface area contributed by atoms with Gasteiger partial charge in [0.2, 0.25) is 0 Å². The van der Waals surface area contributed by atoms with Crippen LogP contribution in [0.25, 0.3) is 11.1 Å². The Balaban J connectivity index is 0.000000299. The van der Waals surface area contributed by atoms with E-state index in [1.54, 1.807) is 6.07 Å². The number of nitrogens with zero attached hydrogens (tertiary/aromatic N) is 1. The highest BCUT2D eigenvalue weighted by Crippen LogP contribution is 2.25. The highest BCUT2D eigenvalue weighted by Gasteiger charge is 2.11. The molecular weight excluding hydrogens is 280 g/mol. The number of benzene rings is 1. The summed E-state index contributed by atoms with van der Waals surface area (Å²) in [5.74, 6) is -0.0555. The Bertz CT molecular complexity index is 569. The molecule has 0 bridgehead atoms. The normalized spacial score (nSPS) is 14.0. The lowest BCUT2D eigenvalue weighted by molar-refractivity contribution is 0.346. The van der Waals surface area contributed by atoms with E-state index in [1.807, 2.05) is 6.07 Å². The van der Waals surface area contributed by atoms with E-state index in [4.69, 9.17) is 0 Å². The van der Waals surface area contributed by atoms with Crippen LogP contribution in [-0.2, 0) is 6.42 Å². The van der Waals surface area contributed by atoms with E-state index >= 15 is 0 Å². The zero-order valence-electron chi connectivity index (χ0n) is 13.3. The Hall–Kier alpha value is -1.77. The summed E-state index contributed by atoms with van der Waals surface area (Å²) >= 11 is 0. The molecule has 0 saturated heterocycles. The summed E-state index contributed by atoms with van der Waals surface area (Å²) in [4.78, 5) is 4.19. The van der Waals surface area contributed by atoms with Gasteiger partial charge in [-0.25, -0.2) is 8.78 Å². The molecule has 0 amide bonds. The number of hydrogen-bond donors (Lipinski definition) is 0. The highest BCUT2D eigenvalue weighted by molar-refractivity contribution is 5.63. The minimum atomic E-state index is -0.560. The summed E-state index contributed by atoms with van der Waals surface area (Å²) in [5.41, 5.74) is 1.40. The van der Waals surface area contributed by atoms with Gasteiger partial charge in [0.1, 0.15) is 11.6 Å². The van der Waals surface area contributed by atoms with Crippen molar-refractivity contribution in [3.8, 4) is 11.1 Å². The van der Waals surface area contributed by atoms with Crippen LogP contribution in [0, 0.1) is 17.6 Å². The molecule has 1 aliphatic rings. The van der Waals surface area contributed by atoms with Crippen LogP contribution in [0.3, 0.4) is 0 Å². The second-order valence-electron chi connectivity index (χ2n) is 5.92. The molecule has 22 heavy (non-hydrogen) atoms. The topological polar surface area (TPSA) is 12.9 Å². The van der Waals surface area contributed by atoms with Gasteiger partial charge in [0.25, 0.3) is 0 Å². The van der Waals surface area contributed by atoms with Crippen molar-refractivity contribution in [1.82, 2.24) is 4.98 Å². The maximum Gasteiger partial charge on any atom is 0.134 e. The first-order chi connectivity index (χ1) is 10.6. The average Bonchev–Trinajstić information content (AvgIpc) is 2.48. The molecule has 118 valence electrons. The number of halogens is 2. The molecule has 1 aromatic heterocycles. The van der Waals surface area contributed by atoms with Crippen LogP contribution < -0.4 is 0 Å². The first-order valence-corrected chi connectivity index (χ1v) is 8.01. The van der Waals surface area contributed by atoms with Gasteiger partial charge in [-0.1, -0.05) is 51.7 Å². The molecule has 1 aromatic carbocycles. The Labute approximate surface area is 131 Å². The zero-order chi connectivity index (χ0) is 15.9. The SMILES string of the molecule is CC1CCC1.CCCc1ccc(-c2c(F)cccc2F)cn1. The first kappa shape index (κ1) is 16.6. The van der Waals surface area contributed by atoms with Crippen molar-refractivity contribution in [3.05, 3.63) is 53.9 Å². The van der Waals surface area contributed by atoms with E-state index in [1.165, 1.54) is 43.7 Å². The molecule has 1 fully saturated rings. The quantitative estimate of drug-likeness (QED) is 0.699. The smallest absolute Gasteiger partial charge is 0.134 e. The number of hydrogen-bond acceptors (Lipinski definition) is 1. The van der Waals surface area contributed by atoms with Crippen molar-refractivity contribution in [2.45, 2.75) is 46.0 Å². The third kappa shape index (κ3) is 4.36. The fourth-order valence-electron chi connectivity index (χ4n) is 2.36. The Morgan fingerprint density at radius 3 is 2.14 bits per heavy atom. The standard InChI is InChI=1S/C14H13F2N.C5H10/c1-2-4-11-8-7-10(9-17-11)14-12(15)5-3-6-13(14)16;1-5-3-2-4-5/h3,5-9H,2,4H2,1H3;5H,2-4H2,1H3. The molecule has 0 spiro atoms. The molecule has 1 heterocycles. The number of pyridine rings is 1. The second-order valence-corrected chi connectivity index (χ2v) is 5.92. The maximum absolute atomic E-state index is 13.5. The van der Waals surface area contributed by atoms with E-state index in [0.717, 1.165) is 24.5 Å². The van der Waals surface area contributed by atoms with E-state index < -0.39 is 11.6 Å². The summed E-state index contributed by atoms with van der Waals surface area (Å²) in [7, 11) is 0. The van der Waals surface area contributed by atoms with Crippen LogP contribution in [-0.4, -0.2) is 4.98 Å². The largest absolute Gasteiger partial charge is 0.261 e. The fraction of sp³-hybridized carbons (Fsp3) is 0.421. The van der Waals surface area contributed by atoms with Gasteiger partial charge in [0.15, 0.2) is 0 Å². The monoisotopic (exact) mass is 303 g/mol. The predicted molar refractivity (Wildman–Crippen MR) is 86.6 cm³/mol. The number of rotatable bonds is 3. The minimum Gasteiger partial charge on any atom is -0.261 e. The summed E-state index contributed by atoms with van der Waals surface area (Å²) in [6.45, 7) is 4.37. The van der Waals surface area contributed by atoms with Crippen molar-refractivity contribution in [2.75, 3.05) is 0 Å². The van der Waals surface area contributed by atoms with Crippen LogP contribution in [0.2, 0.25) is 0 Å². The second kappa shape index (κ2) is 8.02. The van der Waals surface area contributed by atoms with Crippen molar-refractivity contribution in [1.29, 1.82) is 0 Å². The molecule has 1 nitrogen and oxygen atoms in total. The van der Waals surface area contributed by atoms with Gasteiger partial charge < -0.3 is 0 Å². The van der Waals surface area contributed by atoms with Crippen molar-refractivity contribution >= 4 is 0 Å². The highest BCUT2D eigenvalue weighted by atomic mass is 19.1. The molecule has 0 N–H and O–H groups in total. The minimum absolute atomic E-state index is 0.0111. The molecule has 3 heteroatoms. The van der Waals surface area contributed by atoms with Crippen LogP contribution in [0.5, 0.6) is 0 Å². The molecule has 1 aliphatic carbocycles. The Morgan fingerprint density at radius 2 is 1.73 bits per heavy atom. The fourth-order valence-corrected chi connectivity index (χ4v) is 2.36. The third-order valence-corrected chi connectivity index (χ3v) is 3.98. The molecule has 0 unspecified atom stereocenters. The van der Waals surface area contributed by atoms with Crippen LogP contribution >= 0.6 is 0 Å². The lowest BCUT2D eigenvalue weighted by Crippen LogP contribution is -2.04. The first-order valence-electron chi connectivity index (χ1n) is 8.01. The number of aryl methyl sites for hydroxylation is 1. The van der Waals surface area contributed by atoms with Crippen molar-refractivity contribution in [3.63, 3.8) is 0 Å². The van der Waals surface area contributed by atoms with Gasteiger partial charge >= 0.3 is 0 Å².